The van der Waals surface area contributed by atoms with Gasteiger partial charge in [-0.2, -0.15) is 0 Å². The van der Waals surface area contributed by atoms with E-state index in [-0.39, 0.29) is 30.6 Å². The largest absolute Gasteiger partial charge is 0.314 e. The Balaban J connectivity index is 0.00000200. The summed E-state index contributed by atoms with van der Waals surface area (Å²) in [5.74, 6) is -0.144. The minimum atomic E-state index is -0.144. The minimum Gasteiger partial charge on any atom is -0.314 e. The molecule has 0 radical (unpaired) electrons. The molecule has 0 amide bonds. The third-order valence-electron chi connectivity index (χ3n) is 3.74. The average molecular weight is 402 g/mol. The third-order valence-corrected chi connectivity index (χ3v) is 4.46. The van der Waals surface area contributed by atoms with Crippen LogP contribution in [0, 0.1) is 5.82 Å². The number of piperazine rings is 1. The number of hydrogen-bond acceptors (Lipinski definition) is 2. The number of rotatable bonds is 5. The lowest BCUT2D eigenvalue weighted by molar-refractivity contribution is 0.162. The van der Waals surface area contributed by atoms with Gasteiger partial charge in [0, 0.05) is 36.7 Å². The van der Waals surface area contributed by atoms with Gasteiger partial charge in [-0.15, -0.1) is 24.8 Å². The van der Waals surface area contributed by atoms with Crippen molar-refractivity contribution in [2.75, 3.05) is 26.2 Å². The smallest absolute Gasteiger partial charge is 0.123 e. The van der Waals surface area contributed by atoms with Crippen LogP contribution in [-0.2, 0) is 0 Å². The molecular formula is C15H24BrCl2FN2. The van der Waals surface area contributed by atoms with E-state index in [1.807, 2.05) is 6.07 Å². The highest BCUT2D eigenvalue weighted by Crippen LogP contribution is 2.32. The van der Waals surface area contributed by atoms with E-state index < -0.39 is 0 Å². The Morgan fingerprint density at radius 2 is 1.95 bits per heavy atom. The monoisotopic (exact) mass is 400 g/mol. The number of unbranched alkanes of at least 4 members (excludes halogenated alkanes) is 1. The van der Waals surface area contributed by atoms with Gasteiger partial charge in [0.25, 0.3) is 0 Å². The molecule has 122 valence electrons. The van der Waals surface area contributed by atoms with Gasteiger partial charge in [-0.1, -0.05) is 35.7 Å². The lowest BCUT2D eigenvalue weighted by Crippen LogP contribution is -2.45. The second-order valence-corrected chi connectivity index (χ2v) is 5.96. The molecule has 6 heteroatoms. The zero-order chi connectivity index (χ0) is 13.7. The maximum Gasteiger partial charge on any atom is 0.123 e. The van der Waals surface area contributed by atoms with E-state index in [0.29, 0.717) is 6.04 Å². The predicted molar refractivity (Wildman–Crippen MR) is 95.3 cm³/mol. The molecule has 1 fully saturated rings. The lowest BCUT2D eigenvalue weighted by Gasteiger charge is -2.35. The van der Waals surface area contributed by atoms with Gasteiger partial charge in [0.15, 0.2) is 0 Å². The van der Waals surface area contributed by atoms with Crippen LogP contribution in [0.25, 0.3) is 0 Å². The van der Waals surface area contributed by atoms with Crippen LogP contribution in [0.15, 0.2) is 22.7 Å². The van der Waals surface area contributed by atoms with Crippen molar-refractivity contribution in [1.82, 2.24) is 10.2 Å². The zero-order valence-electron chi connectivity index (χ0n) is 12.3. The summed E-state index contributed by atoms with van der Waals surface area (Å²) in [6.45, 7) is 6.33. The van der Waals surface area contributed by atoms with Crippen molar-refractivity contribution in [3.8, 4) is 0 Å². The van der Waals surface area contributed by atoms with Crippen molar-refractivity contribution in [3.63, 3.8) is 0 Å². The molecule has 2 nitrogen and oxygen atoms in total. The molecule has 0 aliphatic carbocycles. The van der Waals surface area contributed by atoms with Crippen LogP contribution in [0.5, 0.6) is 0 Å². The Labute approximate surface area is 147 Å². The number of halogens is 4. The van der Waals surface area contributed by atoms with E-state index in [2.05, 4.69) is 33.1 Å². The van der Waals surface area contributed by atoms with Gasteiger partial charge in [-0.3, -0.25) is 4.90 Å². The molecule has 1 heterocycles. The Bertz CT molecular complexity index is 415. The van der Waals surface area contributed by atoms with Gasteiger partial charge in [0.05, 0.1) is 0 Å². The molecule has 1 aliphatic rings. The summed E-state index contributed by atoms with van der Waals surface area (Å²) in [5.41, 5.74) is 1.09. The highest BCUT2D eigenvalue weighted by molar-refractivity contribution is 9.10. The van der Waals surface area contributed by atoms with Crippen molar-refractivity contribution in [2.45, 2.75) is 32.2 Å². The van der Waals surface area contributed by atoms with E-state index in [0.717, 1.165) is 42.6 Å². The van der Waals surface area contributed by atoms with Crippen molar-refractivity contribution in [3.05, 3.63) is 34.1 Å². The molecule has 1 aromatic rings. The van der Waals surface area contributed by atoms with E-state index in [4.69, 9.17) is 0 Å². The van der Waals surface area contributed by atoms with Gasteiger partial charge in [-0.25, -0.2) is 4.39 Å². The number of nitrogens with one attached hydrogen (secondary N) is 1. The molecule has 1 aliphatic heterocycles. The highest BCUT2D eigenvalue weighted by atomic mass is 79.9. The summed E-state index contributed by atoms with van der Waals surface area (Å²) in [6.07, 6.45) is 3.45. The van der Waals surface area contributed by atoms with Gasteiger partial charge >= 0.3 is 0 Å². The molecule has 0 saturated carbocycles. The van der Waals surface area contributed by atoms with E-state index in [1.54, 1.807) is 6.07 Å². The molecular weight excluding hydrogens is 378 g/mol. The molecule has 1 N–H and O–H groups in total. The zero-order valence-corrected chi connectivity index (χ0v) is 15.5. The number of nitrogens with zero attached hydrogens (tertiary/aromatic N) is 1. The molecule has 1 aromatic carbocycles. The van der Waals surface area contributed by atoms with Gasteiger partial charge in [0.2, 0.25) is 0 Å². The summed E-state index contributed by atoms with van der Waals surface area (Å²) in [4.78, 5) is 2.48. The maximum absolute atomic E-state index is 13.5. The fourth-order valence-electron chi connectivity index (χ4n) is 2.70. The number of benzene rings is 1. The van der Waals surface area contributed by atoms with Crippen LogP contribution in [-0.4, -0.2) is 31.1 Å². The molecule has 1 atom stereocenters. The quantitative estimate of drug-likeness (QED) is 0.777. The second kappa shape index (κ2) is 10.8. The van der Waals surface area contributed by atoms with Crippen molar-refractivity contribution >= 4 is 40.7 Å². The molecule has 0 bridgehead atoms. The first-order valence-electron chi connectivity index (χ1n) is 7.12. The van der Waals surface area contributed by atoms with Crippen LogP contribution < -0.4 is 5.32 Å². The van der Waals surface area contributed by atoms with Crippen molar-refractivity contribution in [2.24, 2.45) is 0 Å². The van der Waals surface area contributed by atoms with E-state index >= 15 is 0 Å². The van der Waals surface area contributed by atoms with E-state index in [9.17, 15) is 4.39 Å². The molecule has 2 rings (SSSR count). The summed E-state index contributed by atoms with van der Waals surface area (Å²) >= 11 is 3.58. The van der Waals surface area contributed by atoms with Crippen LogP contribution in [0.3, 0.4) is 0 Å². The maximum atomic E-state index is 13.5. The normalized spacial score (nSPS) is 16.7. The summed E-state index contributed by atoms with van der Waals surface area (Å²) in [7, 11) is 0. The fourth-order valence-corrected chi connectivity index (χ4v) is 3.21. The average Bonchev–Trinajstić information content (AvgIpc) is 2.44. The van der Waals surface area contributed by atoms with Gasteiger partial charge in [0.1, 0.15) is 5.82 Å². The molecule has 0 unspecified atom stereocenters. The lowest BCUT2D eigenvalue weighted by atomic mass is 9.98. The van der Waals surface area contributed by atoms with Gasteiger partial charge in [-0.05, 0) is 30.2 Å². The summed E-state index contributed by atoms with van der Waals surface area (Å²) < 4.78 is 14.6. The first kappa shape index (κ1) is 21.1. The third kappa shape index (κ3) is 6.03. The first-order chi connectivity index (χ1) is 9.22. The Morgan fingerprint density at radius 3 is 2.57 bits per heavy atom. The predicted octanol–water partition coefficient (Wildman–Crippen LogP) is 4.57. The molecule has 1 saturated heterocycles. The van der Waals surface area contributed by atoms with Crippen molar-refractivity contribution in [1.29, 1.82) is 0 Å². The van der Waals surface area contributed by atoms with E-state index in [1.165, 1.54) is 18.9 Å². The van der Waals surface area contributed by atoms with Crippen LogP contribution in [0.1, 0.15) is 37.8 Å². The molecule has 21 heavy (non-hydrogen) atoms. The highest BCUT2D eigenvalue weighted by Gasteiger charge is 2.23. The standard InChI is InChI=1S/C15H22BrFN2.2ClH/c1-2-3-4-15(19-9-7-18-8-10-19)13-11-12(17)5-6-14(13)16;;/h5-6,11,15,18H,2-4,7-10H2,1H3;2*1H/t15-;;/m0../s1. The van der Waals surface area contributed by atoms with Crippen molar-refractivity contribution < 1.29 is 4.39 Å². The Morgan fingerprint density at radius 1 is 1.29 bits per heavy atom. The minimum absolute atomic E-state index is 0. The van der Waals surface area contributed by atoms with Crippen LogP contribution >= 0.6 is 40.7 Å². The SMILES string of the molecule is CCCC[C@@H](c1cc(F)ccc1Br)N1CCNCC1.Cl.Cl. The summed E-state index contributed by atoms with van der Waals surface area (Å²) in [5, 5.41) is 3.38. The molecule has 0 aromatic heterocycles. The molecule has 0 spiro atoms. The fraction of sp³-hybridized carbons (Fsp3) is 0.600. The van der Waals surface area contributed by atoms with Crippen LogP contribution in [0.4, 0.5) is 4.39 Å². The summed E-state index contributed by atoms with van der Waals surface area (Å²) in [6, 6.07) is 5.35. The van der Waals surface area contributed by atoms with Gasteiger partial charge < -0.3 is 5.32 Å². The second-order valence-electron chi connectivity index (χ2n) is 5.11. The topological polar surface area (TPSA) is 15.3 Å². The Hall–Kier alpha value is 0.130. The van der Waals surface area contributed by atoms with Crippen LogP contribution in [0.2, 0.25) is 0 Å². The number of hydrogen-bond donors (Lipinski definition) is 1. The first-order valence-corrected chi connectivity index (χ1v) is 7.91. The Kier molecular flexibility index (Phi) is 10.9.